The second-order valence-corrected chi connectivity index (χ2v) is 6.03. The second kappa shape index (κ2) is 8.21. The zero-order valence-corrected chi connectivity index (χ0v) is 16.2. The van der Waals surface area contributed by atoms with Crippen molar-refractivity contribution >= 4 is 11.9 Å². The van der Waals surface area contributed by atoms with E-state index in [2.05, 4.69) is 10.5 Å². The largest absolute Gasteiger partial charge is 0.463 e. The normalized spacial score (nSPS) is 15.2. The molecule has 0 bridgehead atoms. The van der Waals surface area contributed by atoms with E-state index in [0.717, 1.165) is 5.56 Å². The van der Waals surface area contributed by atoms with Crippen molar-refractivity contribution in [3.05, 3.63) is 39.6 Å². The van der Waals surface area contributed by atoms with E-state index in [0.29, 0.717) is 40.4 Å². The third-order valence-corrected chi connectivity index (χ3v) is 4.36. The molecule has 0 fully saturated rings. The molecule has 1 aromatic heterocycles. The quantitative estimate of drug-likeness (QED) is 0.778. The Morgan fingerprint density at radius 3 is 1.92 bits per heavy atom. The van der Waals surface area contributed by atoms with Gasteiger partial charge in [-0.3, -0.25) is 0 Å². The Balaban J connectivity index is 2.72. The second-order valence-electron chi connectivity index (χ2n) is 6.03. The molecule has 0 amide bonds. The molecule has 2 heterocycles. The molecular weight excluding hydrogens is 336 g/mol. The van der Waals surface area contributed by atoms with E-state index < -0.39 is 17.9 Å². The predicted molar refractivity (Wildman–Crippen MR) is 95.2 cm³/mol. The van der Waals surface area contributed by atoms with Crippen LogP contribution in [0.2, 0.25) is 0 Å². The maximum atomic E-state index is 12.7. The van der Waals surface area contributed by atoms with Crippen LogP contribution >= 0.6 is 0 Å². The highest BCUT2D eigenvalue weighted by Gasteiger charge is 2.40. The molecular formula is C19H26N2O5. The number of aryl methyl sites for hydroxylation is 2. The van der Waals surface area contributed by atoms with Crippen molar-refractivity contribution < 1.29 is 23.6 Å². The summed E-state index contributed by atoms with van der Waals surface area (Å²) in [5.74, 6) is -1.02. The van der Waals surface area contributed by atoms with Gasteiger partial charge in [0.15, 0.2) is 0 Å². The van der Waals surface area contributed by atoms with E-state index in [-0.39, 0.29) is 13.2 Å². The molecule has 0 spiro atoms. The van der Waals surface area contributed by atoms with Crippen molar-refractivity contribution in [1.82, 2.24) is 10.5 Å². The van der Waals surface area contributed by atoms with E-state index in [9.17, 15) is 9.59 Å². The average Bonchev–Trinajstić information content (AvgIpc) is 2.94. The summed E-state index contributed by atoms with van der Waals surface area (Å²) >= 11 is 0. The number of rotatable bonds is 6. The lowest BCUT2D eigenvalue weighted by atomic mass is 9.79. The fourth-order valence-corrected chi connectivity index (χ4v) is 3.29. The van der Waals surface area contributed by atoms with Crippen molar-refractivity contribution in [1.29, 1.82) is 0 Å². The van der Waals surface area contributed by atoms with Crippen LogP contribution < -0.4 is 5.32 Å². The monoisotopic (exact) mass is 362 g/mol. The number of esters is 2. The highest BCUT2D eigenvalue weighted by molar-refractivity contribution is 6.00. The molecule has 7 heteroatoms. The van der Waals surface area contributed by atoms with Crippen molar-refractivity contribution in [2.45, 2.75) is 53.9 Å². The van der Waals surface area contributed by atoms with Crippen molar-refractivity contribution in [2.75, 3.05) is 13.2 Å². The molecule has 7 nitrogen and oxygen atoms in total. The Hall–Kier alpha value is -2.57. The van der Waals surface area contributed by atoms with Crippen LogP contribution in [0.4, 0.5) is 0 Å². The van der Waals surface area contributed by atoms with Gasteiger partial charge in [-0.15, -0.1) is 0 Å². The molecule has 2 rings (SSSR count). The summed E-state index contributed by atoms with van der Waals surface area (Å²) in [7, 11) is 0. The molecule has 26 heavy (non-hydrogen) atoms. The Bertz CT molecular complexity index is 733. The van der Waals surface area contributed by atoms with Gasteiger partial charge in [0.1, 0.15) is 5.76 Å². The van der Waals surface area contributed by atoms with Crippen LogP contribution in [-0.4, -0.2) is 30.3 Å². The molecule has 0 atom stereocenters. The molecule has 1 aromatic rings. The summed E-state index contributed by atoms with van der Waals surface area (Å²) in [6.45, 7) is 11.3. The first-order chi connectivity index (χ1) is 12.4. The minimum atomic E-state index is -0.643. The molecule has 1 N–H and O–H groups in total. The van der Waals surface area contributed by atoms with Gasteiger partial charge >= 0.3 is 11.9 Å². The Morgan fingerprint density at radius 2 is 1.50 bits per heavy atom. The molecule has 1 aliphatic heterocycles. The van der Waals surface area contributed by atoms with E-state index in [1.807, 2.05) is 6.92 Å². The van der Waals surface area contributed by atoms with Crippen LogP contribution in [0, 0.1) is 6.92 Å². The maximum Gasteiger partial charge on any atom is 0.336 e. The number of hydrogen-bond acceptors (Lipinski definition) is 7. The number of nitrogens with zero attached hydrogens (tertiary/aromatic N) is 1. The Kier molecular flexibility index (Phi) is 6.23. The first-order valence-corrected chi connectivity index (χ1v) is 8.85. The third-order valence-electron chi connectivity index (χ3n) is 4.36. The van der Waals surface area contributed by atoms with Gasteiger partial charge in [-0.25, -0.2) is 9.59 Å². The number of ether oxygens (including phenoxy) is 2. The van der Waals surface area contributed by atoms with E-state index in [1.165, 1.54) is 0 Å². The van der Waals surface area contributed by atoms with Crippen LogP contribution in [0.15, 0.2) is 27.1 Å². The summed E-state index contributed by atoms with van der Waals surface area (Å²) in [6.07, 6.45) is 0.612. The molecule has 0 aromatic carbocycles. The van der Waals surface area contributed by atoms with Crippen LogP contribution in [0.1, 0.15) is 57.6 Å². The van der Waals surface area contributed by atoms with E-state index in [1.54, 1.807) is 34.6 Å². The number of dihydropyridines is 1. The summed E-state index contributed by atoms with van der Waals surface area (Å²) in [5, 5.41) is 7.21. The fraction of sp³-hybridized carbons (Fsp3) is 0.526. The van der Waals surface area contributed by atoms with Crippen molar-refractivity contribution in [3.63, 3.8) is 0 Å². The van der Waals surface area contributed by atoms with Crippen LogP contribution in [0.5, 0.6) is 0 Å². The molecule has 0 saturated heterocycles. The summed E-state index contributed by atoms with van der Waals surface area (Å²) in [4.78, 5) is 25.4. The third kappa shape index (κ3) is 3.52. The lowest BCUT2D eigenvalue weighted by molar-refractivity contribution is -0.139. The number of carbonyl (C=O) groups is 2. The van der Waals surface area contributed by atoms with Gasteiger partial charge < -0.3 is 19.3 Å². The van der Waals surface area contributed by atoms with E-state index in [4.69, 9.17) is 14.0 Å². The minimum absolute atomic E-state index is 0.239. The fourth-order valence-electron chi connectivity index (χ4n) is 3.29. The molecule has 0 saturated carbocycles. The van der Waals surface area contributed by atoms with Crippen molar-refractivity contribution in [2.24, 2.45) is 0 Å². The number of aromatic nitrogens is 1. The lowest BCUT2D eigenvalue weighted by Gasteiger charge is -2.30. The van der Waals surface area contributed by atoms with Crippen LogP contribution in [-0.2, 0) is 25.5 Å². The van der Waals surface area contributed by atoms with Crippen LogP contribution in [0.25, 0.3) is 0 Å². The maximum absolute atomic E-state index is 12.7. The Labute approximate surface area is 153 Å². The number of nitrogens with one attached hydrogen (secondary N) is 1. The van der Waals surface area contributed by atoms with Gasteiger partial charge in [-0.05, 0) is 41.0 Å². The summed E-state index contributed by atoms with van der Waals surface area (Å²) in [5.41, 5.74) is 3.46. The zero-order valence-electron chi connectivity index (χ0n) is 16.2. The molecule has 0 aliphatic carbocycles. The number of hydrogen-bond donors (Lipinski definition) is 1. The molecule has 1 aliphatic rings. The van der Waals surface area contributed by atoms with Crippen LogP contribution in [0.3, 0.4) is 0 Å². The highest BCUT2D eigenvalue weighted by atomic mass is 16.5. The smallest absolute Gasteiger partial charge is 0.336 e. The summed E-state index contributed by atoms with van der Waals surface area (Å²) in [6, 6.07) is 0. The first-order valence-electron chi connectivity index (χ1n) is 8.85. The van der Waals surface area contributed by atoms with Gasteiger partial charge in [-0.2, -0.15) is 0 Å². The SMILES string of the molecule is CCOC(=O)C1=C(C)NC(C)=C(C(=O)OCC)C1c1c(CC)noc1C. The van der Waals surface area contributed by atoms with Gasteiger partial charge in [0.2, 0.25) is 0 Å². The topological polar surface area (TPSA) is 90.7 Å². The molecule has 0 radical (unpaired) electrons. The summed E-state index contributed by atoms with van der Waals surface area (Å²) < 4.78 is 15.9. The zero-order chi connectivity index (χ0) is 19.4. The highest BCUT2D eigenvalue weighted by Crippen LogP contribution is 2.42. The van der Waals surface area contributed by atoms with Gasteiger partial charge in [-0.1, -0.05) is 12.1 Å². The molecule has 142 valence electrons. The Morgan fingerprint density at radius 1 is 1.00 bits per heavy atom. The minimum Gasteiger partial charge on any atom is -0.463 e. The number of allylic oxidation sites excluding steroid dienone is 2. The first kappa shape index (κ1) is 19.8. The molecule has 0 unspecified atom stereocenters. The van der Waals surface area contributed by atoms with Gasteiger partial charge in [0.25, 0.3) is 0 Å². The van der Waals surface area contributed by atoms with Gasteiger partial charge in [0.05, 0.1) is 36.0 Å². The standard InChI is InChI=1S/C19H26N2O5/c1-7-13-16(12(6)26-21-13)17-14(18(22)24-8-2)10(4)20-11(5)15(17)19(23)25-9-3/h17,20H,7-9H2,1-6H3. The predicted octanol–water partition coefficient (Wildman–Crippen LogP) is 2.91. The van der Waals surface area contributed by atoms with Gasteiger partial charge in [0, 0.05) is 17.0 Å². The average molecular weight is 362 g/mol. The van der Waals surface area contributed by atoms with Crippen molar-refractivity contribution in [3.8, 4) is 0 Å². The van der Waals surface area contributed by atoms with E-state index >= 15 is 0 Å². The number of carbonyl (C=O) groups excluding carboxylic acids is 2. The lowest BCUT2D eigenvalue weighted by Crippen LogP contribution is -2.33.